The van der Waals surface area contributed by atoms with Gasteiger partial charge in [0.05, 0.1) is 6.04 Å². The Balaban J connectivity index is 1.48. The minimum atomic E-state index is -0.471. The Bertz CT molecular complexity index is 643. The molecule has 5 atom stereocenters. The first-order valence-corrected chi connectivity index (χ1v) is 9.12. The summed E-state index contributed by atoms with van der Waals surface area (Å²) in [6, 6.07) is 6.35. The molecule has 4 aliphatic rings. The van der Waals surface area contributed by atoms with E-state index in [1.54, 1.807) is 0 Å². The van der Waals surface area contributed by atoms with Gasteiger partial charge >= 0.3 is 0 Å². The maximum Gasteiger partial charge on any atom is 0.268 e. The fourth-order valence-electron chi connectivity index (χ4n) is 5.87. The Morgan fingerprint density at radius 3 is 2.70 bits per heavy atom. The van der Waals surface area contributed by atoms with Crippen LogP contribution in [0.3, 0.4) is 0 Å². The average Bonchev–Trinajstić information content (AvgIpc) is 2.78. The first kappa shape index (κ1) is 13.8. The average molecular weight is 311 g/mol. The van der Waals surface area contributed by atoms with Gasteiger partial charge in [0.25, 0.3) is 5.91 Å². The number of hydrogen-bond acceptors (Lipinski definition) is 3. The largest absolute Gasteiger partial charge is 0.270 e. The third-order valence-corrected chi connectivity index (χ3v) is 7.03. The number of amides is 1. The number of hydrogen-bond donors (Lipinski definition) is 0. The zero-order valence-electron chi connectivity index (χ0n) is 14.0. The molecule has 3 aliphatic carbocycles. The molecule has 23 heavy (non-hydrogen) atoms. The monoisotopic (exact) mass is 311 g/mol. The molecular weight excluding hydrogens is 286 g/mol. The summed E-state index contributed by atoms with van der Waals surface area (Å²) in [5, 5.41) is 4.23. The van der Waals surface area contributed by atoms with Crippen molar-refractivity contribution in [2.45, 2.75) is 57.5 Å². The summed E-state index contributed by atoms with van der Waals surface area (Å²) in [5.74, 6) is 4.75. The molecule has 3 saturated carbocycles. The summed E-state index contributed by atoms with van der Waals surface area (Å²) in [6.45, 7) is 4.04. The number of nitrogens with zero attached hydrogens (tertiary/aromatic N) is 3. The second kappa shape index (κ2) is 4.49. The van der Waals surface area contributed by atoms with Crippen LogP contribution in [0.25, 0.3) is 0 Å². The number of rotatable bonds is 2. The van der Waals surface area contributed by atoms with Crippen LogP contribution >= 0.6 is 0 Å². The van der Waals surface area contributed by atoms with E-state index in [1.165, 1.54) is 32.1 Å². The normalized spacial score (nSPS) is 40.4. The predicted molar refractivity (Wildman–Crippen MR) is 88.5 cm³/mol. The number of aromatic nitrogens is 1. The summed E-state index contributed by atoms with van der Waals surface area (Å²) in [7, 11) is 0. The highest BCUT2D eigenvalue weighted by Crippen LogP contribution is 2.59. The summed E-state index contributed by atoms with van der Waals surface area (Å²) < 4.78 is 0. The van der Waals surface area contributed by atoms with E-state index in [4.69, 9.17) is 0 Å². The molecule has 1 amide bonds. The Hall–Kier alpha value is -1.58. The van der Waals surface area contributed by atoms with Crippen molar-refractivity contribution in [1.82, 2.24) is 9.99 Å². The van der Waals surface area contributed by atoms with E-state index < -0.39 is 5.54 Å². The highest BCUT2D eigenvalue weighted by atomic mass is 16.2. The minimum absolute atomic E-state index is 0.271. The SMILES string of the molecule is CC1(C)C(=O)N(C2CCC3CC4CC2CC34)N1c1ccccn1. The maximum atomic E-state index is 12.9. The lowest BCUT2D eigenvalue weighted by Gasteiger charge is -2.59. The van der Waals surface area contributed by atoms with Gasteiger partial charge in [0, 0.05) is 6.20 Å². The van der Waals surface area contributed by atoms with Gasteiger partial charge in [0.2, 0.25) is 0 Å². The van der Waals surface area contributed by atoms with Gasteiger partial charge in [0.15, 0.2) is 0 Å². The molecule has 4 heteroatoms. The number of carbonyl (C=O) groups excluding carboxylic acids is 1. The van der Waals surface area contributed by atoms with Gasteiger partial charge in [-0.3, -0.25) is 9.80 Å². The van der Waals surface area contributed by atoms with Crippen molar-refractivity contribution in [2.75, 3.05) is 5.01 Å². The Morgan fingerprint density at radius 2 is 1.91 bits per heavy atom. The van der Waals surface area contributed by atoms with E-state index in [9.17, 15) is 4.79 Å². The molecule has 2 bridgehead atoms. The van der Waals surface area contributed by atoms with Crippen LogP contribution in [-0.4, -0.2) is 27.5 Å². The molecule has 122 valence electrons. The highest BCUT2D eigenvalue weighted by molar-refractivity contribution is 5.97. The zero-order valence-corrected chi connectivity index (χ0v) is 14.0. The standard InChI is InChI=1S/C19H25N3O/c1-19(2)18(23)21(22(19)17-5-3-4-8-20-17)16-7-6-12-9-13-10-14(16)11-15(12)13/h3-5,8,12-16H,6-7,9-11H2,1-2H3. The molecule has 0 N–H and O–H groups in total. The predicted octanol–water partition coefficient (Wildman–Crippen LogP) is 3.25. The van der Waals surface area contributed by atoms with Crippen molar-refractivity contribution in [2.24, 2.45) is 23.7 Å². The van der Waals surface area contributed by atoms with Gasteiger partial charge in [-0.2, -0.15) is 0 Å². The Kier molecular flexibility index (Phi) is 2.70. The van der Waals surface area contributed by atoms with Crippen LogP contribution in [0.15, 0.2) is 24.4 Å². The van der Waals surface area contributed by atoms with Gasteiger partial charge in [-0.25, -0.2) is 9.99 Å². The van der Waals surface area contributed by atoms with Crippen molar-refractivity contribution in [1.29, 1.82) is 0 Å². The van der Waals surface area contributed by atoms with Crippen LogP contribution in [0, 0.1) is 23.7 Å². The van der Waals surface area contributed by atoms with E-state index in [2.05, 4.69) is 15.0 Å². The smallest absolute Gasteiger partial charge is 0.268 e. The summed E-state index contributed by atoms with van der Waals surface area (Å²) in [4.78, 5) is 17.4. The number of fused-ring (bicyclic) bond motifs is 1. The molecule has 1 aliphatic heterocycles. The number of hydrazine groups is 1. The molecule has 0 aromatic carbocycles. The fraction of sp³-hybridized carbons (Fsp3) is 0.684. The lowest BCUT2D eigenvalue weighted by molar-refractivity contribution is -0.158. The van der Waals surface area contributed by atoms with Crippen molar-refractivity contribution < 1.29 is 4.79 Å². The number of pyridine rings is 1. The zero-order chi connectivity index (χ0) is 15.8. The molecule has 1 aromatic heterocycles. The van der Waals surface area contributed by atoms with E-state index in [1.807, 2.05) is 38.2 Å². The minimum Gasteiger partial charge on any atom is -0.270 e. The Labute approximate surface area is 137 Å². The summed E-state index contributed by atoms with van der Waals surface area (Å²) in [6.07, 6.45) is 8.44. The van der Waals surface area contributed by atoms with Gasteiger partial charge in [0.1, 0.15) is 11.4 Å². The molecule has 5 unspecified atom stereocenters. The van der Waals surface area contributed by atoms with Gasteiger partial charge in [-0.1, -0.05) is 6.07 Å². The number of anilines is 1. The molecule has 4 nitrogen and oxygen atoms in total. The van der Waals surface area contributed by atoms with E-state index in [0.717, 1.165) is 23.6 Å². The van der Waals surface area contributed by atoms with Gasteiger partial charge in [-0.15, -0.1) is 0 Å². The summed E-state index contributed by atoms with van der Waals surface area (Å²) >= 11 is 0. The van der Waals surface area contributed by atoms with Crippen molar-refractivity contribution in [3.63, 3.8) is 0 Å². The van der Waals surface area contributed by atoms with Crippen LogP contribution in [0.4, 0.5) is 5.82 Å². The van der Waals surface area contributed by atoms with Crippen LogP contribution in [0.2, 0.25) is 0 Å². The van der Waals surface area contributed by atoms with Crippen LogP contribution in [0.5, 0.6) is 0 Å². The molecular formula is C19H25N3O. The fourth-order valence-corrected chi connectivity index (χ4v) is 5.87. The van der Waals surface area contributed by atoms with E-state index in [-0.39, 0.29) is 5.91 Å². The lowest BCUT2D eigenvalue weighted by Crippen LogP contribution is -2.78. The van der Waals surface area contributed by atoms with Crippen molar-refractivity contribution >= 4 is 11.7 Å². The van der Waals surface area contributed by atoms with Crippen molar-refractivity contribution in [3.05, 3.63) is 24.4 Å². The van der Waals surface area contributed by atoms with E-state index in [0.29, 0.717) is 12.0 Å². The van der Waals surface area contributed by atoms with Crippen LogP contribution < -0.4 is 5.01 Å². The molecule has 1 saturated heterocycles. The molecule has 5 rings (SSSR count). The first-order valence-electron chi connectivity index (χ1n) is 9.12. The van der Waals surface area contributed by atoms with E-state index >= 15 is 0 Å². The molecule has 2 heterocycles. The molecule has 1 aromatic rings. The quantitative estimate of drug-likeness (QED) is 0.841. The van der Waals surface area contributed by atoms with Gasteiger partial charge < -0.3 is 0 Å². The van der Waals surface area contributed by atoms with Gasteiger partial charge in [-0.05, 0) is 81.8 Å². The Morgan fingerprint density at radius 1 is 1.09 bits per heavy atom. The van der Waals surface area contributed by atoms with Crippen molar-refractivity contribution in [3.8, 4) is 0 Å². The second-order valence-electron chi connectivity index (χ2n) is 8.50. The molecule has 0 radical (unpaired) electrons. The third kappa shape index (κ3) is 1.72. The van der Waals surface area contributed by atoms with Crippen LogP contribution in [-0.2, 0) is 4.79 Å². The maximum absolute atomic E-state index is 12.9. The second-order valence-corrected chi connectivity index (χ2v) is 8.50. The molecule has 0 spiro atoms. The molecule has 4 fully saturated rings. The lowest BCUT2D eigenvalue weighted by atomic mass is 9.64. The topological polar surface area (TPSA) is 36.4 Å². The number of carbonyl (C=O) groups is 1. The first-order chi connectivity index (χ1) is 11.1. The summed E-state index contributed by atoms with van der Waals surface area (Å²) in [5.41, 5.74) is -0.471. The highest BCUT2D eigenvalue weighted by Gasteiger charge is 2.60. The third-order valence-electron chi connectivity index (χ3n) is 7.03. The van der Waals surface area contributed by atoms with Crippen LogP contribution in [0.1, 0.15) is 46.0 Å².